The van der Waals surface area contributed by atoms with Crippen molar-refractivity contribution >= 4 is 11.6 Å². The van der Waals surface area contributed by atoms with E-state index >= 15 is 0 Å². The molecule has 0 unspecified atom stereocenters. The second-order valence-electron chi connectivity index (χ2n) is 3.43. The first-order valence-electron chi connectivity index (χ1n) is 4.87. The number of hydrogen-bond acceptors (Lipinski definition) is 4. The van der Waals surface area contributed by atoms with Gasteiger partial charge in [-0.3, -0.25) is 0 Å². The van der Waals surface area contributed by atoms with Crippen molar-refractivity contribution < 1.29 is 0 Å². The maximum atomic E-state index is 6.19. The van der Waals surface area contributed by atoms with Gasteiger partial charge in [-0.1, -0.05) is 11.6 Å². The first-order valence-corrected chi connectivity index (χ1v) is 5.25. The Morgan fingerprint density at radius 3 is 2.75 bits per heavy atom. The van der Waals surface area contributed by atoms with Gasteiger partial charge in [0.05, 0.1) is 5.02 Å². The lowest BCUT2D eigenvalue weighted by Gasteiger charge is -2.07. The van der Waals surface area contributed by atoms with Gasteiger partial charge in [0.2, 0.25) is 0 Å². The Hall–Kier alpha value is -1.46. The quantitative estimate of drug-likeness (QED) is 0.857. The second kappa shape index (κ2) is 4.19. The van der Waals surface area contributed by atoms with Gasteiger partial charge in [-0.15, -0.1) is 5.10 Å². The third-order valence-electron chi connectivity index (χ3n) is 2.25. The van der Waals surface area contributed by atoms with Gasteiger partial charge in [-0.2, -0.15) is 4.68 Å². The first-order chi connectivity index (χ1) is 7.63. The second-order valence-corrected chi connectivity index (χ2v) is 3.81. The molecule has 0 aliphatic heterocycles. The van der Waals surface area contributed by atoms with Crippen LogP contribution in [0.5, 0.6) is 0 Å². The number of nitrogens with zero attached hydrogens (tertiary/aromatic N) is 4. The zero-order valence-electron chi connectivity index (χ0n) is 9.11. The highest BCUT2D eigenvalue weighted by Gasteiger charge is 2.12. The Bertz CT molecular complexity index is 520. The van der Waals surface area contributed by atoms with Crippen molar-refractivity contribution in [3.8, 4) is 5.82 Å². The predicted octanol–water partition coefficient (Wildman–Crippen LogP) is 1.39. The SMILES string of the molecule is Cc1nc(C)n(-c2nccc(CN)c2Cl)n1. The monoisotopic (exact) mass is 237 g/mol. The lowest BCUT2D eigenvalue weighted by Crippen LogP contribution is -2.06. The van der Waals surface area contributed by atoms with E-state index in [1.165, 1.54) is 0 Å². The van der Waals surface area contributed by atoms with Crippen LogP contribution in [-0.4, -0.2) is 19.7 Å². The molecule has 0 bridgehead atoms. The van der Waals surface area contributed by atoms with Gasteiger partial charge in [0.15, 0.2) is 5.82 Å². The fourth-order valence-electron chi connectivity index (χ4n) is 1.50. The number of aromatic nitrogens is 4. The molecule has 84 valence electrons. The molecule has 0 radical (unpaired) electrons. The third kappa shape index (κ3) is 1.79. The van der Waals surface area contributed by atoms with E-state index in [2.05, 4.69) is 15.1 Å². The number of nitrogens with two attached hydrogens (primary N) is 1. The predicted molar refractivity (Wildman–Crippen MR) is 61.5 cm³/mol. The van der Waals surface area contributed by atoms with Crippen molar-refractivity contribution in [2.24, 2.45) is 5.73 Å². The molecule has 0 fully saturated rings. The fraction of sp³-hybridized carbons (Fsp3) is 0.300. The molecule has 2 N–H and O–H groups in total. The van der Waals surface area contributed by atoms with E-state index in [-0.39, 0.29) is 0 Å². The molecule has 0 spiro atoms. The minimum absolute atomic E-state index is 0.376. The van der Waals surface area contributed by atoms with Crippen molar-refractivity contribution in [1.29, 1.82) is 0 Å². The van der Waals surface area contributed by atoms with Gasteiger partial charge in [0.1, 0.15) is 11.6 Å². The van der Waals surface area contributed by atoms with Gasteiger partial charge >= 0.3 is 0 Å². The molecule has 2 rings (SSSR count). The van der Waals surface area contributed by atoms with Gasteiger partial charge in [-0.25, -0.2) is 9.97 Å². The molecular weight excluding hydrogens is 226 g/mol. The number of rotatable bonds is 2. The summed E-state index contributed by atoms with van der Waals surface area (Å²) in [6.45, 7) is 4.05. The lowest BCUT2D eigenvalue weighted by atomic mass is 10.2. The average molecular weight is 238 g/mol. The number of hydrogen-bond donors (Lipinski definition) is 1. The summed E-state index contributed by atoms with van der Waals surface area (Å²) in [6.07, 6.45) is 1.67. The number of halogens is 1. The fourth-order valence-corrected chi connectivity index (χ4v) is 1.77. The van der Waals surface area contributed by atoms with Crippen molar-refractivity contribution in [3.05, 3.63) is 34.5 Å². The molecule has 0 aliphatic rings. The molecule has 0 saturated heterocycles. The molecule has 16 heavy (non-hydrogen) atoms. The van der Waals surface area contributed by atoms with Crippen LogP contribution in [0.25, 0.3) is 5.82 Å². The molecule has 0 saturated carbocycles. The zero-order valence-corrected chi connectivity index (χ0v) is 9.86. The van der Waals surface area contributed by atoms with Crippen LogP contribution in [0.4, 0.5) is 0 Å². The maximum Gasteiger partial charge on any atom is 0.174 e. The molecule has 0 amide bonds. The summed E-state index contributed by atoms with van der Waals surface area (Å²) in [5.74, 6) is 2.01. The largest absolute Gasteiger partial charge is 0.326 e. The van der Waals surface area contributed by atoms with E-state index in [4.69, 9.17) is 17.3 Å². The van der Waals surface area contributed by atoms with Crippen molar-refractivity contribution in [2.45, 2.75) is 20.4 Å². The first kappa shape index (κ1) is 11.0. The number of pyridine rings is 1. The van der Waals surface area contributed by atoms with Gasteiger partial charge < -0.3 is 5.73 Å². The molecule has 6 heteroatoms. The van der Waals surface area contributed by atoms with Crippen LogP contribution in [0.3, 0.4) is 0 Å². The van der Waals surface area contributed by atoms with Crippen LogP contribution >= 0.6 is 11.6 Å². The standard InChI is InChI=1S/C10H12ClN5/c1-6-14-7(2)16(15-6)10-9(11)8(5-12)3-4-13-10/h3-4H,5,12H2,1-2H3. The highest BCUT2D eigenvalue weighted by atomic mass is 35.5. The number of aryl methyl sites for hydroxylation is 2. The molecule has 2 aromatic heterocycles. The molecule has 2 aromatic rings. The average Bonchev–Trinajstić information content (AvgIpc) is 2.58. The Morgan fingerprint density at radius 1 is 1.44 bits per heavy atom. The van der Waals surface area contributed by atoms with Gasteiger partial charge in [0, 0.05) is 12.7 Å². The van der Waals surface area contributed by atoms with Crippen molar-refractivity contribution in [3.63, 3.8) is 0 Å². The molecule has 5 nitrogen and oxygen atoms in total. The smallest absolute Gasteiger partial charge is 0.174 e. The Morgan fingerprint density at radius 2 is 2.19 bits per heavy atom. The highest BCUT2D eigenvalue weighted by molar-refractivity contribution is 6.32. The summed E-state index contributed by atoms with van der Waals surface area (Å²) >= 11 is 6.19. The minimum atomic E-state index is 0.376. The van der Waals surface area contributed by atoms with Crippen molar-refractivity contribution in [2.75, 3.05) is 0 Å². The van der Waals surface area contributed by atoms with Crippen LogP contribution in [-0.2, 0) is 6.54 Å². The van der Waals surface area contributed by atoms with Gasteiger partial charge in [-0.05, 0) is 25.5 Å². The van der Waals surface area contributed by atoms with E-state index in [0.29, 0.717) is 23.2 Å². The molecular formula is C10H12ClN5. The van der Waals surface area contributed by atoms with E-state index in [0.717, 1.165) is 11.4 Å². The van der Waals surface area contributed by atoms with Crippen molar-refractivity contribution in [1.82, 2.24) is 19.7 Å². The van der Waals surface area contributed by atoms with Crippen LogP contribution < -0.4 is 5.73 Å². The maximum absolute atomic E-state index is 6.19. The molecule has 0 aromatic carbocycles. The van der Waals surface area contributed by atoms with E-state index < -0.39 is 0 Å². The van der Waals surface area contributed by atoms with E-state index in [9.17, 15) is 0 Å². The van der Waals surface area contributed by atoms with E-state index in [1.54, 1.807) is 16.9 Å². The Balaban J connectivity index is 2.60. The summed E-state index contributed by atoms with van der Waals surface area (Å²) in [5, 5.41) is 4.76. The highest BCUT2D eigenvalue weighted by Crippen LogP contribution is 2.22. The van der Waals surface area contributed by atoms with Gasteiger partial charge in [0.25, 0.3) is 0 Å². The minimum Gasteiger partial charge on any atom is -0.326 e. The Kier molecular flexibility index (Phi) is 2.89. The summed E-state index contributed by atoms with van der Waals surface area (Å²) in [4.78, 5) is 8.41. The summed E-state index contributed by atoms with van der Waals surface area (Å²) < 4.78 is 1.62. The van der Waals surface area contributed by atoms with Crippen LogP contribution in [0.15, 0.2) is 12.3 Å². The molecule has 2 heterocycles. The topological polar surface area (TPSA) is 69.6 Å². The molecule has 0 atom stereocenters. The van der Waals surface area contributed by atoms with Crippen LogP contribution in [0.1, 0.15) is 17.2 Å². The summed E-state index contributed by atoms with van der Waals surface area (Å²) in [6, 6.07) is 1.80. The third-order valence-corrected chi connectivity index (χ3v) is 2.66. The van der Waals surface area contributed by atoms with E-state index in [1.807, 2.05) is 13.8 Å². The summed E-state index contributed by atoms with van der Waals surface area (Å²) in [7, 11) is 0. The molecule has 0 aliphatic carbocycles. The zero-order chi connectivity index (χ0) is 11.7. The lowest BCUT2D eigenvalue weighted by molar-refractivity contribution is 0.800. The Labute approximate surface area is 98.3 Å². The van der Waals surface area contributed by atoms with Crippen LogP contribution in [0, 0.1) is 13.8 Å². The summed E-state index contributed by atoms with van der Waals surface area (Å²) in [5.41, 5.74) is 6.43. The normalized spacial score (nSPS) is 10.8. The van der Waals surface area contributed by atoms with Crippen LogP contribution in [0.2, 0.25) is 5.02 Å².